The monoisotopic (exact) mass is 147 g/mol. The Labute approximate surface area is 65.0 Å². The van der Waals surface area contributed by atoms with Gasteiger partial charge < -0.3 is 10.5 Å². The number of carbonyl (C=O) groups excluding carboxylic acids is 1. The van der Waals surface area contributed by atoms with E-state index in [0.29, 0.717) is 6.42 Å². The highest BCUT2D eigenvalue weighted by atomic mass is 16.1. The molecule has 1 atom stereocenters. The molecule has 0 spiro atoms. The molecular formula is C9H9NO. The highest BCUT2D eigenvalue weighted by molar-refractivity contribution is 5.82. The summed E-state index contributed by atoms with van der Waals surface area (Å²) in [4.78, 5) is 10.2. The van der Waals surface area contributed by atoms with E-state index in [0.717, 1.165) is 6.29 Å². The zero-order chi connectivity index (χ0) is 7.84. The summed E-state index contributed by atoms with van der Waals surface area (Å²) in [7, 11) is 0. The maximum absolute atomic E-state index is 10.2. The van der Waals surface area contributed by atoms with Gasteiger partial charge in [0, 0.05) is 0 Å². The summed E-state index contributed by atoms with van der Waals surface area (Å²) in [6, 6.07) is 5.93. The third kappa shape index (κ3) is 1.17. The smallest absolute Gasteiger partial charge is 0.137 e. The van der Waals surface area contributed by atoms with Gasteiger partial charge in [-0.05, 0) is 29.2 Å². The van der Waals surface area contributed by atoms with Crippen molar-refractivity contribution in [3.05, 3.63) is 23.8 Å². The Hall–Kier alpha value is -1.15. The Bertz CT molecular complexity index is 286. The van der Waals surface area contributed by atoms with Crippen molar-refractivity contribution in [2.24, 2.45) is 5.73 Å². The second-order valence-electron chi connectivity index (χ2n) is 2.92. The minimum absolute atomic E-state index is 0.337. The van der Waals surface area contributed by atoms with Crippen molar-refractivity contribution in [3.63, 3.8) is 0 Å². The van der Waals surface area contributed by atoms with Gasteiger partial charge in [0.15, 0.2) is 0 Å². The van der Waals surface area contributed by atoms with Crippen LogP contribution < -0.4 is 5.73 Å². The Kier molecular flexibility index (Phi) is 1.29. The van der Waals surface area contributed by atoms with Crippen molar-refractivity contribution in [1.82, 2.24) is 0 Å². The first kappa shape index (κ1) is 6.55. The van der Waals surface area contributed by atoms with E-state index in [1.165, 1.54) is 16.7 Å². The van der Waals surface area contributed by atoms with Gasteiger partial charge in [0.25, 0.3) is 0 Å². The van der Waals surface area contributed by atoms with E-state index in [-0.39, 0.29) is 6.04 Å². The molecule has 2 rings (SSSR count). The molecule has 0 aromatic rings. The second-order valence-corrected chi connectivity index (χ2v) is 2.92. The first-order valence-electron chi connectivity index (χ1n) is 3.65. The number of benzene rings is 1. The molecule has 0 saturated heterocycles. The minimum Gasteiger partial charge on any atom is -0.321 e. The lowest BCUT2D eigenvalue weighted by atomic mass is 10.1. The first-order chi connectivity index (χ1) is 5.29. The molecule has 2 aliphatic rings. The van der Waals surface area contributed by atoms with Crippen LogP contribution in [0, 0.1) is 0 Å². The molecule has 0 aromatic heterocycles. The number of hydrogen-bond acceptors (Lipinski definition) is 2. The van der Waals surface area contributed by atoms with Gasteiger partial charge in [-0.3, -0.25) is 0 Å². The number of fused-ring (bicyclic) bond motifs is 1. The minimum atomic E-state index is -0.337. The van der Waals surface area contributed by atoms with Gasteiger partial charge in [-0.2, -0.15) is 0 Å². The number of rotatable bonds is 3. The topological polar surface area (TPSA) is 43.1 Å². The fourth-order valence-electron chi connectivity index (χ4n) is 1.26. The van der Waals surface area contributed by atoms with E-state index in [1.54, 1.807) is 0 Å². The average molecular weight is 147 g/mol. The first-order valence-corrected chi connectivity index (χ1v) is 3.65. The molecule has 0 radical (unpaired) electrons. The van der Waals surface area contributed by atoms with Crippen LogP contribution in [0.2, 0.25) is 0 Å². The third-order valence-corrected chi connectivity index (χ3v) is 1.89. The normalized spacial score (nSPS) is 14.3. The van der Waals surface area contributed by atoms with Crippen molar-refractivity contribution < 1.29 is 4.79 Å². The Balaban J connectivity index is 2.05. The van der Waals surface area contributed by atoms with Crippen LogP contribution in [-0.4, -0.2) is 12.3 Å². The van der Waals surface area contributed by atoms with Crippen LogP contribution in [0.1, 0.15) is 5.56 Å². The van der Waals surface area contributed by atoms with Crippen LogP contribution in [-0.2, 0) is 11.2 Å². The molecule has 2 nitrogen and oxygen atoms in total. The van der Waals surface area contributed by atoms with Crippen LogP contribution in [0.3, 0.4) is 0 Å². The predicted molar refractivity (Wildman–Crippen MR) is 43.2 cm³/mol. The molecule has 11 heavy (non-hydrogen) atoms. The van der Waals surface area contributed by atoms with Crippen molar-refractivity contribution in [2.45, 2.75) is 12.5 Å². The van der Waals surface area contributed by atoms with Crippen molar-refractivity contribution in [2.75, 3.05) is 0 Å². The van der Waals surface area contributed by atoms with Gasteiger partial charge in [-0.15, -0.1) is 0 Å². The Morgan fingerprint density at radius 1 is 1.36 bits per heavy atom. The van der Waals surface area contributed by atoms with Gasteiger partial charge in [-0.25, -0.2) is 0 Å². The van der Waals surface area contributed by atoms with E-state index in [4.69, 9.17) is 5.73 Å². The van der Waals surface area contributed by atoms with Crippen LogP contribution in [0.15, 0.2) is 18.2 Å². The van der Waals surface area contributed by atoms with E-state index in [9.17, 15) is 4.79 Å². The molecule has 0 fully saturated rings. The second kappa shape index (κ2) is 2.17. The summed E-state index contributed by atoms with van der Waals surface area (Å²) in [5.41, 5.74) is 9.24. The number of nitrogens with two attached hydrogens (primary N) is 1. The van der Waals surface area contributed by atoms with Crippen molar-refractivity contribution in [1.29, 1.82) is 0 Å². The summed E-state index contributed by atoms with van der Waals surface area (Å²) in [6.45, 7) is 0. The van der Waals surface area contributed by atoms with Gasteiger partial charge in [-0.1, -0.05) is 12.1 Å². The summed E-state index contributed by atoms with van der Waals surface area (Å²) in [6.07, 6.45) is 1.46. The summed E-state index contributed by atoms with van der Waals surface area (Å²) in [5, 5.41) is 0. The van der Waals surface area contributed by atoms with Crippen LogP contribution in [0.5, 0.6) is 0 Å². The zero-order valence-corrected chi connectivity index (χ0v) is 6.08. The van der Waals surface area contributed by atoms with Gasteiger partial charge in [0.1, 0.15) is 6.29 Å². The highest BCUT2D eigenvalue weighted by Crippen LogP contribution is 2.36. The van der Waals surface area contributed by atoms with Crippen LogP contribution >= 0.6 is 0 Å². The summed E-state index contributed by atoms with van der Waals surface area (Å²) < 4.78 is 0. The molecule has 0 amide bonds. The quantitative estimate of drug-likeness (QED) is 0.650. The van der Waals surface area contributed by atoms with Crippen molar-refractivity contribution >= 4 is 6.29 Å². The third-order valence-electron chi connectivity index (χ3n) is 1.89. The lowest BCUT2D eigenvalue weighted by Gasteiger charge is -1.99. The number of aldehydes is 1. The molecule has 0 bridgehead atoms. The highest BCUT2D eigenvalue weighted by Gasteiger charge is 2.14. The molecule has 0 saturated carbocycles. The molecule has 56 valence electrons. The molecule has 2 aliphatic carbocycles. The molecule has 0 aliphatic heterocycles. The van der Waals surface area contributed by atoms with E-state index in [1.807, 2.05) is 0 Å². The SMILES string of the molecule is N[C@H](C=O)Cc1cc2cc-2c1. The lowest BCUT2D eigenvalue weighted by molar-refractivity contribution is -0.108. The van der Waals surface area contributed by atoms with Gasteiger partial charge in [0.2, 0.25) is 0 Å². The fraction of sp³-hybridized carbons (Fsp3) is 0.222. The molecule has 2 N–H and O–H groups in total. The molecule has 0 aromatic carbocycles. The fourth-order valence-corrected chi connectivity index (χ4v) is 1.26. The van der Waals surface area contributed by atoms with Gasteiger partial charge >= 0.3 is 0 Å². The number of carbonyl (C=O) groups is 1. The Morgan fingerprint density at radius 2 is 2.00 bits per heavy atom. The standard InChI is InChI=1S/C9H9NO/c10-9(5-11)3-6-1-7-4-8(7)2-6/h1-2,4-5,9H,3,10H2/t9-/m0/s1. The maximum Gasteiger partial charge on any atom is 0.137 e. The molecular weight excluding hydrogens is 138 g/mol. The largest absolute Gasteiger partial charge is 0.321 e. The average Bonchev–Trinajstić information content (AvgIpc) is 2.60. The van der Waals surface area contributed by atoms with E-state index >= 15 is 0 Å². The van der Waals surface area contributed by atoms with Gasteiger partial charge in [0.05, 0.1) is 6.04 Å². The van der Waals surface area contributed by atoms with E-state index in [2.05, 4.69) is 18.2 Å². The van der Waals surface area contributed by atoms with E-state index < -0.39 is 0 Å². The van der Waals surface area contributed by atoms with Crippen LogP contribution in [0.4, 0.5) is 0 Å². The molecule has 0 unspecified atom stereocenters. The molecule has 0 heterocycles. The maximum atomic E-state index is 10.2. The zero-order valence-electron chi connectivity index (χ0n) is 6.08. The van der Waals surface area contributed by atoms with Crippen molar-refractivity contribution in [3.8, 4) is 11.1 Å². The predicted octanol–water partition coefficient (Wildman–Crippen LogP) is 0.736. The molecule has 2 heteroatoms. The Morgan fingerprint density at radius 3 is 2.55 bits per heavy atom. The summed E-state index contributed by atoms with van der Waals surface area (Å²) in [5.74, 6) is 0. The summed E-state index contributed by atoms with van der Waals surface area (Å²) >= 11 is 0. The lowest BCUT2D eigenvalue weighted by Crippen LogP contribution is -2.23. The van der Waals surface area contributed by atoms with Crippen LogP contribution in [0.25, 0.3) is 11.1 Å². The number of hydrogen-bond donors (Lipinski definition) is 1.